The third-order valence-electron chi connectivity index (χ3n) is 3.51. The maximum Gasteiger partial charge on any atom is 0.310 e. The Labute approximate surface area is 156 Å². The number of benzene rings is 2. The number of methoxy groups -OCH3 is 2. The molecule has 0 aliphatic rings. The van der Waals surface area contributed by atoms with E-state index in [9.17, 15) is 9.59 Å². The van der Waals surface area contributed by atoms with Gasteiger partial charge in [-0.3, -0.25) is 9.59 Å². The minimum absolute atomic E-state index is 0.0373. The van der Waals surface area contributed by atoms with Crippen LogP contribution in [0.15, 0.2) is 47.4 Å². The van der Waals surface area contributed by atoms with Gasteiger partial charge in [-0.1, -0.05) is 12.1 Å². The Morgan fingerprint density at radius 1 is 1.04 bits per heavy atom. The molecule has 0 aliphatic heterocycles. The highest BCUT2D eigenvalue weighted by Crippen LogP contribution is 2.27. The summed E-state index contributed by atoms with van der Waals surface area (Å²) in [7, 11) is 3.07. The van der Waals surface area contributed by atoms with E-state index in [0.717, 1.165) is 4.90 Å². The van der Waals surface area contributed by atoms with Crippen LogP contribution in [0.5, 0.6) is 11.5 Å². The van der Waals surface area contributed by atoms with Crippen LogP contribution in [0.4, 0.5) is 5.69 Å². The van der Waals surface area contributed by atoms with Crippen molar-refractivity contribution < 1.29 is 23.8 Å². The molecule has 2 rings (SSSR count). The van der Waals surface area contributed by atoms with Crippen molar-refractivity contribution in [3.05, 3.63) is 48.0 Å². The molecule has 2 aromatic rings. The lowest BCUT2D eigenvalue weighted by molar-refractivity contribution is -0.146. The van der Waals surface area contributed by atoms with Gasteiger partial charge in [0.2, 0.25) is 0 Å². The molecular weight excluding hydrogens is 354 g/mol. The Hall–Kier alpha value is -2.67. The molecule has 0 aliphatic carbocycles. The number of hydrogen-bond acceptors (Lipinski definition) is 6. The summed E-state index contributed by atoms with van der Waals surface area (Å²) in [4.78, 5) is 24.9. The van der Waals surface area contributed by atoms with Crippen molar-refractivity contribution in [1.29, 1.82) is 0 Å². The standard InChI is InChI=1S/C19H21NO5S/c1-23-16-8-7-13(9-17(16)24-2)10-19(22)25-12-18(21)20-14-5-4-6-15(11-14)26-3/h4-9,11H,10,12H2,1-3H3,(H,20,21). The molecule has 0 saturated carbocycles. The van der Waals surface area contributed by atoms with Gasteiger partial charge in [0, 0.05) is 10.6 Å². The van der Waals surface area contributed by atoms with E-state index in [2.05, 4.69) is 5.32 Å². The largest absolute Gasteiger partial charge is 0.493 e. The molecule has 26 heavy (non-hydrogen) atoms. The van der Waals surface area contributed by atoms with E-state index in [1.54, 1.807) is 43.1 Å². The second-order valence-corrected chi connectivity index (χ2v) is 6.19. The number of nitrogens with one attached hydrogen (secondary N) is 1. The van der Waals surface area contributed by atoms with Crippen LogP contribution in [0.1, 0.15) is 5.56 Å². The van der Waals surface area contributed by atoms with Gasteiger partial charge in [-0.2, -0.15) is 0 Å². The Morgan fingerprint density at radius 3 is 2.50 bits per heavy atom. The monoisotopic (exact) mass is 375 g/mol. The van der Waals surface area contributed by atoms with E-state index >= 15 is 0 Å². The molecular formula is C19H21NO5S. The maximum atomic E-state index is 11.9. The minimum atomic E-state index is -0.495. The molecule has 0 heterocycles. The van der Waals surface area contributed by atoms with Gasteiger partial charge in [0.1, 0.15) is 0 Å². The van der Waals surface area contributed by atoms with E-state index in [1.807, 2.05) is 24.5 Å². The van der Waals surface area contributed by atoms with Crippen LogP contribution in [0.3, 0.4) is 0 Å². The van der Waals surface area contributed by atoms with Crippen LogP contribution in [0.25, 0.3) is 0 Å². The van der Waals surface area contributed by atoms with E-state index in [4.69, 9.17) is 14.2 Å². The number of hydrogen-bond donors (Lipinski definition) is 1. The summed E-state index contributed by atoms with van der Waals surface area (Å²) in [6.45, 7) is -0.338. The van der Waals surface area contributed by atoms with Crippen molar-refractivity contribution in [2.75, 3.05) is 32.4 Å². The highest BCUT2D eigenvalue weighted by molar-refractivity contribution is 7.98. The molecule has 7 heteroatoms. The molecule has 2 aromatic carbocycles. The molecule has 0 saturated heterocycles. The van der Waals surface area contributed by atoms with Gasteiger partial charge in [-0.05, 0) is 42.2 Å². The zero-order chi connectivity index (χ0) is 18.9. The first kappa shape index (κ1) is 19.7. The number of ether oxygens (including phenoxy) is 3. The number of anilines is 1. The molecule has 138 valence electrons. The smallest absolute Gasteiger partial charge is 0.310 e. The number of amides is 1. The van der Waals surface area contributed by atoms with Crippen molar-refractivity contribution in [3.63, 3.8) is 0 Å². The van der Waals surface area contributed by atoms with Crippen LogP contribution in [0.2, 0.25) is 0 Å². The molecule has 0 aromatic heterocycles. The van der Waals surface area contributed by atoms with Gasteiger partial charge in [0.15, 0.2) is 18.1 Å². The average molecular weight is 375 g/mol. The first-order chi connectivity index (χ1) is 12.5. The molecule has 0 radical (unpaired) electrons. The van der Waals surface area contributed by atoms with Crippen LogP contribution in [-0.4, -0.2) is 39.0 Å². The summed E-state index contributed by atoms with van der Waals surface area (Å²) < 4.78 is 15.4. The second kappa shape index (κ2) is 9.72. The lowest BCUT2D eigenvalue weighted by Gasteiger charge is -2.10. The average Bonchev–Trinajstić information content (AvgIpc) is 2.66. The third kappa shape index (κ3) is 5.70. The molecule has 1 N–H and O–H groups in total. The lowest BCUT2D eigenvalue weighted by atomic mass is 10.1. The molecule has 0 atom stereocenters. The van der Waals surface area contributed by atoms with Gasteiger partial charge >= 0.3 is 5.97 Å². The van der Waals surface area contributed by atoms with Crippen molar-refractivity contribution in [2.45, 2.75) is 11.3 Å². The van der Waals surface area contributed by atoms with Gasteiger partial charge in [-0.25, -0.2) is 0 Å². The van der Waals surface area contributed by atoms with Gasteiger partial charge in [0.05, 0.1) is 20.6 Å². The normalized spacial score (nSPS) is 10.1. The summed E-state index contributed by atoms with van der Waals surface area (Å²) in [6, 6.07) is 12.6. The SMILES string of the molecule is COc1ccc(CC(=O)OCC(=O)Nc2cccc(SC)c2)cc1OC. The van der Waals surface area contributed by atoms with Gasteiger partial charge in [-0.15, -0.1) is 11.8 Å². The van der Waals surface area contributed by atoms with E-state index in [0.29, 0.717) is 22.7 Å². The fourth-order valence-corrected chi connectivity index (χ4v) is 2.71. The Balaban J connectivity index is 1.85. The number of rotatable bonds is 8. The summed E-state index contributed by atoms with van der Waals surface area (Å²) >= 11 is 1.58. The zero-order valence-corrected chi connectivity index (χ0v) is 15.7. The van der Waals surface area contributed by atoms with Crippen LogP contribution >= 0.6 is 11.8 Å². The molecule has 0 unspecified atom stereocenters. The van der Waals surface area contributed by atoms with Crippen LogP contribution in [0, 0.1) is 0 Å². The molecule has 6 nitrogen and oxygen atoms in total. The van der Waals surface area contributed by atoms with E-state index in [-0.39, 0.29) is 18.9 Å². The first-order valence-corrected chi connectivity index (χ1v) is 9.08. The molecule has 1 amide bonds. The number of thioether (sulfide) groups is 1. The summed E-state index contributed by atoms with van der Waals surface area (Å²) in [6.07, 6.45) is 1.99. The summed E-state index contributed by atoms with van der Waals surface area (Å²) in [5.41, 5.74) is 1.37. The predicted octanol–water partition coefficient (Wildman–Crippen LogP) is 3.15. The first-order valence-electron chi connectivity index (χ1n) is 7.86. The van der Waals surface area contributed by atoms with E-state index in [1.165, 1.54) is 7.11 Å². The molecule has 0 fully saturated rings. The lowest BCUT2D eigenvalue weighted by Crippen LogP contribution is -2.21. The number of carbonyl (C=O) groups excluding carboxylic acids is 2. The number of carbonyl (C=O) groups is 2. The van der Waals surface area contributed by atoms with Crippen LogP contribution < -0.4 is 14.8 Å². The predicted molar refractivity (Wildman–Crippen MR) is 101 cm³/mol. The quantitative estimate of drug-likeness (QED) is 0.564. The fraction of sp³-hybridized carbons (Fsp3) is 0.263. The zero-order valence-electron chi connectivity index (χ0n) is 14.9. The summed E-state index contributed by atoms with van der Waals surface area (Å²) in [5, 5.41) is 2.70. The highest BCUT2D eigenvalue weighted by atomic mass is 32.2. The number of esters is 1. The second-order valence-electron chi connectivity index (χ2n) is 5.31. The Bertz CT molecular complexity index is 778. The van der Waals surface area contributed by atoms with E-state index < -0.39 is 5.97 Å². The molecule has 0 spiro atoms. The van der Waals surface area contributed by atoms with Crippen LogP contribution in [-0.2, 0) is 20.7 Å². The third-order valence-corrected chi connectivity index (χ3v) is 4.24. The maximum absolute atomic E-state index is 11.9. The van der Waals surface area contributed by atoms with Crippen molar-refractivity contribution in [3.8, 4) is 11.5 Å². The Morgan fingerprint density at radius 2 is 1.81 bits per heavy atom. The van der Waals surface area contributed by atoms with Gasteiger partial charge < -0.3 is 19.5 Å². The fourth-order valence-electron chi connectivity index (χ4n) is 2.25. The van der Waals surface area contributed by atoms with Gasteiger partial charge in [0.25, 0.3) is 5.91 Å². The van der Waals surface area contributed by atoms with Crippen molar-refractivity contribution in [2.24, 2.45) is 0 Å². The Kier molecular flexibility index (Phi) is 7.35. The highest BCUT2D eigenvalue weighted by Gasteiger charge is 2.11. The van der Waals surface area contributed by atoms with Crippen molar-refractivity contribution in [1.82, 2.24) is 0 Å². The topological polar surface area (TPSA) is 73.9 Å². The summed E-state index contributed by atoms with van der Waals surface area (Å²) in [5.74, 6) is 0.231. The van der Waals surface area contributed by atoms with Crippen molar-refractivity contribution >= 4 is 29.3 Å². The molecule has 0 bridgehead atoms. The minimum Gasteiger partial charge on any atom is -0.493 e.